The molecule has 4 heteroatoms. The average Bonchev–Trinajstić information content (AvgIpc) is 3.47. The highest BCUT2D eigenvalue weighted by Crippen LogP contribution is 2.49. The Morgan fingerprint density at radius 1 is 1.00 bits per heavy atom. The molecule has 0 bridgehead atoms. The number of hydrogen-bond donors (Lipinski definition) is 2. The number of carbonyl (C=O) groups is 1. The van der Waals surface area contributed by atoms with Crippen molar-refractivity contribution in [3.8, 4) is 0 Å². The molecule has 0 heterocycles. The number of nitrogens with one attached hydrogen (secondary N) is 1. The topological polar surface area (TPSA) is 49.3 Å². The predicted molar refractivity (Wildman–Crippen MR) is 103 cm³/mol. The molecule has 2 aliphatic carbocycles. The summed E-state index contributed by atoms with van der Waals surface area (Å²) in [4.78, 5) is 12.9. The second-order valence-electron chi connectivity index (χ2n) is 8.23. The molecule has 0 saturated heterocycles. The second-order valence-corrected chi connectivity index (χ2v) is 8.23. The summed E-state index contributed by atoms with van der Waals surface area (Å²) in [6.07, 6.45) is 5.32. The lowest BCUT2D eigenvalue weighted by Gasteiger charge is -2.37. The summed E-state index contributed by atoms with van der Waals surface area (Å²) in [6.45, 7) is 0. The van der Waals surface area contributed by atoms with Crippen molar-refractivity contribution in [2.24, 2.45) is 5.41 Å². The van der Waals surface area contributed by atoms with E-state index in [0.29, 0.717) is 19.3 Å². The quantitative estimate of drug-likeness (QED) is 0.836. The standard InChI is InChI=1S/C23H26FNO2/c24-19-8-6-17(7-9-19)16-22(14-15-22)21(26)25-20-10-12-23(27,13-11-20)18-4-2-1-3-5-18/h1-9,20,27H,10-16H2,(H,25,26). The fourth-order valence-electron chi connectivity index (χ4n) is 4.24. The average molecular weight is 367 g/mol. The van der Waals surface area contributed by atoms with E-state index >= 15 is 0 Å². The molecule has 3 nitrogen and oxygen atoms in total. The van der Waals surface area contributed by atoms with Gasteiger partial charge >= 0.3 is 0 Å². The number of amides is 1. The fourth-order valence-corrected chi connectivity index (χ4v) is 4.24. The SMILES string of the molecule is O=C(NC1CCC(O)(c2ccccc2)CC1)C1(Cc2ccc(F)cc2)CC1. The number of halogens is 1. The lowest BCUT2D eigenvalue weighted by molar-refractivity contribution is -0.127. The Balaban J connectivity index is 1.34. The van der Waals surface area contributed by atoms with Crippen molar-refractivity contribution in [1.29, 1.82) is 0 Å². The molecule has 1 amide bonds. The fraction of sp³-hybridized carbons (Fsp3) is 0.435. The highest BCUT2D eigenvalue weighted by molar-refractivity contribution is 5.85. The maximum atomic E-state index is 13.1. The highest BCUT2D eigenvalue weighted by Gasteiger charge is 2.50. The largest absolute Gasteiger partial charge is 0.385 e. The van der Waals surface area contributed by atoms with Crippen molar-refractivity contribution in [3.63, 3.8) is 0 Å². The van der Waals surface area contributed by atoms with Gasteiger partial charge in [-0.15, -0.1) is 0 Å². The molecule has 2 saturated carbocycles. The minimum Gasteiger partial charge on any atom is -0.385 e. The first-order chi connectivity index (χ1) is 13.0. The van der Waals surface area contributed by atoms with Crippen LogP contribution in [-0.2, 0) is 16.8 Å². The first-order valence-electron chi connectivity index (χ1n) is 9.83. The molecular weight excluding hydrogens is 341 g/mol. The van der Waals surface area contributed by atoms with E-state index in [2.05, 4.69) is 5.32 Å². The first-order valence-corrected chi connectivity index (χ1v) is 9.83. The molecule has 0 aliphatic heterocycles. The van der Waals surface area contributed by atoms with Gasteiger partial charge < -0.3 is 10.4 Å². The zero-order valence-electron chi connectivity index (χ0n) is 15.5. The van der Waals surface area contributed by atoms with Crippen molar-refractivity contribution in [2.45, 2.75) is 56.6 Å². The third-order valence-corrected chi connectivity index (χ3v) is 6.25. The molecule has 0 spiro atoms. The number of benzene rings is 2. The van der Waals surface area contributed by atoms with Crippen LogP contribution < -0.4 is 5.32 Å². The number of aliphatic hydroxyl groups is 1. The number of hydrogen-bond acceptors (Lipinski definition) is 2. The molecule has 0 unspecified atom stereocenters. The molecule has 4 rings (SSSR count). The van der Waals surface area contributed by atoms with Gasteiger partial charge in [0.2, 0.25) is 5.91 Å². The lowest BCUT2D eigenvalue weighted by atomic mass is 9.77. The number of rotatable bonds is 5. The zero-order valence-corrected chi connectivity index (χ0v) is 15.5. The van der Waals surface area contributed by atoms with Crippen LogP contribution in [-0.4, -0.2) is 17.1 Å². The minimum atomic E-state index is -0.784. The molecule has 142 valence electrons. The Hall–Kier alpha value is -2.20. The molecule has 2 aromatic rings. The van der Waals surface area contributed by atoms with Gasteiger partial charge in [-0.05, 0) is 68.2 Å². The summed E-state index contributed by atoms with van der Waals surface area (Å²) < 4.78 is 13.1. The summed E-state index contributed by atoms with van der Waals surface area (Å²) in [5.41, 5.74) is 0.856. The Labute approximate surface area is 159 Å². The van der Waals surface area contributed by atoms with Crippen LogP contribution in [0.3, 0.4) is 0 Å². The molecule has 0 aromatic heterocycles. The van der Waals surface area contributed by atoms with E-state index in [1.165, 1.54) is 12.1 Å². The van der Waals surface area contributed by atoms with Crippen molar-refractivity contribution >= 4 is 5.91 Å². The summed E-state index contributed by atoms with van der Waals surface area (Å²) >= 11 is 0. The Kier molecular flexibility index (Phi) is 4.77. The Morgan fingerprint density at radius 3 is 2.22 bits per heavy atom. The van der Waals surface area contributed by atoms with E-state index in [9.17, 15) is 14.3 Å². The maximum Gasteiger partial charge on any atom is 0.226 e. The molecule has 2 fully saturated rings. The van der Waals surface area contributed by atoms with E-state index < -0.39 is 5.60 Å². The highest BCUT2D eigenvalue weighted by atomic mass is 19.1. The summed E-state index contributed by atoms with van der Waals surface area (Å²) in [5.74, 6) is -0.136. The normalized spacial score (nSPS) is 26.4. The van der Waals surface area contributed by atoms with Crippen LogP contribution in [0.5, 0.6) is 0 Å². The maximum absolute atomic E-state index is 13.1. The summed E-state index contributed by atoms with van der Waals surface area (Å²) in [6, 6.07) is 16.4. The van der Waals surface area contributed by atoms with E-state index in [-0.39, 0.29) is 23.2 Å². The van der Waals surface area contributed by atoms with Crippen molar-refractivity contribution in [2.75, 3.05) is 0 Å². The van der Waals surface area contributed by atoms with Gasteiger partial charge in [-0.2, -0.15) is 0 Å². The van der Waals surface area contributed by atoms with Gasteiger partial charge in [0.05, 0.1) is 11.0 Å². The Bertz CT molecular complexity index is 791. The van der Waals surface area contributed by atoms with Crippen LogP contribution in [0.2, 0.25) is 0 Å². The Morgan fingerprint density at radius 2 is 1.63 bits per heavy atom. The molecule has 2 N–H and O–H groups in total. The van der Waals surface area contributed by atoms with Crippen LogP contribution in [0.4, 0.5) is 4.39 Å². The van der Waals surface area contributed by atoms with Crippen LogP contribution in [0.1, 0.15) is 49.7 Å². The van der Waals surface area contributed by atoms with Gasteiger partial charge in [0.1, 0.15) is 5.82 Å². The van der Waals surface area contributed by atoms with Crippen LogP contribution >= 0.6 is 0 Å². The van der Waals surface area contributed by atoms with E-state index in [1.54, 1.807) is 12.1 Å². The van der Waals surface area contributed by atoms with E-state index in [0.717, 1.165) is 36.8 Å². The van der Waals surface area contributed by atoms with Gasteiger partial charge in [0.15, 0.2) is 0 Å². The van der Waals surface area contributed by atoms with Gasteiger partial charge in [0.25, 0.3) is 0 Å². The molecule has 0 radical (unpaired) electrons. The molecule has 27 heavy (non-hydrogen) atoms. The van der Waals surface area contributed by atoms with Gasteiger partial charge in [-0.3, -0.25) is 4.79 Å². The van der Waals surface area contributed by atoms with Gasteiger partial charge in [-0.1, -0.05) is 42.5 Å². The molecular formula is C23H26FNO2. The third kappa shape index (κ3) is 3.91. The third-order valence-electron chi connectivity index (χ3n) is 6.25. The minimum absolute atomic E-state index is 0.113. The van der Waals surface area contributed by atoms with Crippen molar-refractivity contribution in [1.82, 2.24) is 5.32 Å². The van der Waals surface area contributed by atoms with E-state index in [1.807, 2.05) is 30.3 Å². The van der Waals surface area contributed by atoms with Crippen LogP contribution in [0.25, 0.3) is 0 Å². The van der Waals surface area contributed by atoms with Gasteiger partial charge in [-0.25, -0.2) is 4.39 Å². The van der Waals surface area contributed by atoms with Crippen LogP contribution in [0.15, 0.2) is 54.6 Å². The molecule has 0 atom stereocenters. The zero-order chi connectivity index (χ0) is 18.9. The second kappa shape index (κ2) is 7.08. The first kappa shape index (κ1) is 18.2. The van der Waals surface area contributed by atoms with Crippen molar-refractivity contribution < 1.29 is 14.3 Å². The summed E-state index contributed by atoms with van der Waals surface area (Å²) in [7, 11) is 0. The predicted octanol–water partition coefficient (Wildman–Crippen LogP) is 4.10. The smallest absolute Gasteiger partial charge is 0.226 e. The van der Waals surface area contributed by atoms with Crippen molar-refractivity contribution in [3.05, 3.63) is 71.5 Å². The molecule has 2 aliphatic rings. The number of carbonyl (C=O) groups excluding carboxylic acids is 1. The van der Waals surface area contributed by atoms with Gasteiger partial charge in [0, 0.05) is 6.04 Å². The van der Waals surface area contributed by atoms with Crippen LogP contribution in [0, 0.1) is 11.2 Å². The monoisotopic (exact) mass is 367 g/mol. The van der Waals surface area contributed by atoms with E-state index in [4.69, 9.17) is 0 Å². The lowest BCUT2D eigenvalue weighted by Crippen LogP contribution is -2.45. The summed E-state index contributed by atoms with van der Waals surface area (Å²) in [5, 5.41) is 14.2. The molecule has 2 aromatic carbocycles.